The highest BCUT2D eigenvalue weighted by Gasteiger charge is 2.16. The Morgan fingerprint density at radius 1 is 1.29 bits per heavy atom. The van der Waals surface area contributed by atoms with Gasteiger partial charge in [-0.15, -0.1) is 0 Å². The Hall–Kier alpha value is -1.64. The van der Waals surface area contributed by atoms with Gasteiger partial charge in [-0.2, -0.15) is 0 Å². The van der Waals surface area contributed by atoms with Crippen molar-refractivity contribution in [3.05, 3.63) is 35.9 Å². The van der Waals surface area contributed by atoms with Gasteiger partial charge >= 0.3 is 5.97 Å². The van der Waals surface area contributed by atoms with Crippen LogP contribution in [-0.4, -0.2) is 16.9 Å². The lowest BCUT2D eigenvalue weighted by molar-refractivity contribution is -0.149. The summed E-state index contributed by atoms with van der Waals surface area (Å²) in [7, 11) is 0. The summed E-state index contributed by atoms with van der Waals surface area (Å²) in [5.74, 6) is -2.13. The number of carboxylic acids is 1. The van der Waals surface area contributed by atoms with E-state index in [1.807, 2.05) is 37.3 Å². The number of benzene rings is 1. The Morgan fingerprint density at radius 3 is 2.36 bits per heavy atom. The van der Waals surface area contributed by atoms with E-state index in [9.17, 15) is 9.59 Å². The Bertz CT molecular complexity index is 330. The smallest absolute Gasteiger partial charge is 0.372 e. The van der Waals surface area contributed by atoms with Crippen molar-refractivity contribution in [3.63, 3.8) is 0 Å². The third kappa shape index (κ3) is 2.69. The van der Waals surface area contributed by atoms with E-state index >= 15 is 0 Å². The molecular formula is C11H12O3. The molecular weight excluding hydrogens is 180 g/mol. The molecule has 3 nitrogen and oxygen atoms in total. The van der Waals surface area contributed by atoms with Crippen molar-refractivity contribution in [1.82, 2.24) is 0 Å². The third-order valence-corrected chi connectivity index (χ3v) is 2.10. The Morgan fingerprint density at radius 2 is 1.86 bits per heavy atom. The lowest BCUT2D eigenvalue weighted by Gasteiger charge is -2.08. The minimum Gasteiger partial charge on any atom is -0.476 e. The van der Waals surface area contributed by atoms with Gasteiger partial charge in [0.05, 0.1) is 0 Å². The molecule has 0 radical (unpaired) electrons. The normalized spacial score (nSPS) is 12.1. The van der Waals surface area contributed by atoms with Gasteiger partial charge in [-0.3, -0.25) is 4.79 Å². The molecule has 1 rings (SSSR count). The molecule has 14 heavy (non-hydrogen) atoms. The van der Waals surface area contributed by atoms with Crippen LogP contribution in [0.3, 0.4) is 0 Å². The zero-order chi connectivity index (χ0) is 10.6. The van der Waals surface area contributed by atoms with Gasteiger partial charge in [0.1, 0.15) is 0 Å². The first-order valence-electron chi connectivity index (χ1n) is 4.42. The van der Waals surface area contributed by atoms with Crippen molar-refractivity contribution in [1.29, 1.82) is 0 Å². The highest BCUT2D eigenvalue weighted by Crippen LogP contribution is 2.18. The van der Waals surface area contributed by atoms with E-state index in [4.69, 9.17) is 5.11 Å². The number of hydrogen-bond donors (Lipinski definition) is 1. The predicted molar refractivity (Wildman–Crippen MR) is 52.1 cm³/mol. The van der Waals surface area contributed by atoms with Crippen molar-refractivity contribution >= 4 is 11.8 Å². The van der Waals surface area contributed by atoms with Gasteiger partial charge in [0, 0.05) is 6.42 Å². The van der Waals surface area contributed by atoms with Crippen LogP contribution >= 0.6 is 0 Å². The first-order valence-corrected chi connectivity index (χ1v) is 4.42. The lowest BCUT2D eigenvalue weighted by atomic mass is 9.96. The molecule has 0 bridgehead atoms. The molecule has 1 unspecified atom stereocenters. The largest absolute Gasteiger partial charge is 0.476 e. The van der Waals surface area contributed by atoms with E-state index in [1.165, 1.54) is 0 Å². The second kappa shape index (κ2) is 4.56. The van der Waals surface area contributed by atoms with Crippen LogP contribution < -0.4 is 0 Å². The average molecular weight is 192 g/mol. The summed E-state index contributed by atoms with van der Waals surface area (Å²) in [6.07, 6.45) is 0.0549. The number of rotatable bonds is 4. The van der Waals surface area contributed by atoms with Gasteiger partial charge in [0.2, 0.25) is 5.78 Å². The third-order valence-electron chi connectivity index (χ3n) is 2.10. The molecule has 0 aromatic heterocycles. The zero-order valence-electron chi connectivity index (χ0n) is 7.93. The molecule has 1 aromatic carbocycles. The standard InChI is InChI=1S/C11H12O3/c1-8(7-10(12)11(13)14)9-5-3-2-4-6-9/h2-6,8H,7H2,1H3,(H,13,14). The molecule has 0 heterocycles. The summed E-state index contributed by atoms with van der Waals surface area (Å²) in [6.45, 7) is 1.84. The number of aliphatic carboxylic acids is 1. The number of carbonyl (C=O) groups excluding carboxylic acids is 1. The molecule has 0 fully saturated rings. The van der Waals surface area contributed by atoms with E-state index < -0.39 is 11.8 Å². The van der Waals surface area contributed by atoms with Crippen molar-refractivity contribution < 1.29 is 14.7 Å². The van der Waals surface area contributed by atoms with Gasteiger partial charge in [-0.1, -0.05) is 37.3 Å². The molecule has 74 valence electrons. The number of ketones is 1. The minimum atomic E-state index is -1.35. The van der Waals surface area contributed by atoms with Crippen LogP contribution in [0.1, 0.15) is 24.8 Å². The summed E-state index contributed by atoms with van der Waals surface area (Å²) in [5, 5.41) is 8.43. The van der Waals surface area contributed by atoms with Crippen molar-refractivity contribution in [2.75, 3.05) is 0 Å². The second-order valence-corrected chi connectivity index (χ2v) is 3.24. The van der Waals surface area contributed by atoms with Crippen molar-refractivity contribution in [2.45, 2.75) is 19.3 Å². The van der Waals surface area contributed by atoms with Gasteiger partial charge in [0.25, 0.3) is 0 Å². The number of Topliss-reactive ketones (excluding diaryl/α,β-unsaturated/α-hetero) is 1. The van der Waals surface area contributed by atoms with Crippen LogP contribution in [0, 0.1) is 0 Å². The summed E-state index contributed by atoms with van der Waals surface area (Å²) >= 11 is 0. The topological polar surface area (TPSA) is 54.4 Å². The van der Waals surface area contributed by atoms with Crippen LogP contribution in [0.4, 0.5) is 0 Å². The molecule has 1 atom stereocenters. The number of hydrogen-bond acceptors (Lipinski definition) is 2. The van der Waals surface area contributed by atoms with Gasteiger partial charge in [-0.25, -0.2) is 4.79 Å². The molecule has 0 aliphatic heterocycles. The SMILES string of the molecule is CC(CC(=O)C(=O)O)c1ccccc1. The fraction of sp³-hybridized carbons (Fsp3) is 0.273. The second-order valence-electron chi connectivity index (χ2n) is 3.24. The van der Waals surface area contributed by atoms with Crippen LogP contribution in [-0.2, 0) is 9.59 Å². The molecule has 1 aromatic rings. The van der Waals surface area contributed by atoms with E-state index in [-0.39, 0.29) is 12.3 Å². The van der Waals surface area contributed by atoms with Gasteiger partial charge in [-0.05, 0) is 11.5 Å². The van der Waals surface area contributed by atoms with Crippen molar-refractivity contribution in [3.8, 4) is 0 Å². The maximum atomic E-state index is 10.9. The minimum absolute atomic E-state index is 0.0419. The van der Waals surface area contributed by atoms with E-state index in [2.05, 4.69) is 0 Å². The zero-order valence-corrected chi connectivity index (χ0v) is 7.93. The first kappa shape index (κ1) is 10.4. The maximum Gasteiger partial charge on any atom is 0.372 e. The van der Waals surface area contributed by atoms with E-state index in [0.717, 1.165) is 5.56 Å². The summed E-state index contributed by atoms with van der Waals surface area (Å²) in [6, 6.07) is 9.41. The molecule has 0 saturated carbocycles. The quantitative estimate of drug-likeness (QED) is 0.740. The fourth-order valence-electron chi connectivity index (χ4n) is 1.26. The van der Waals surface area contributed by atoms with Gasteiger partial charge < -0.3 is 5.11 Å². The fourth-order valence-corrected chi connectivity index (χ4v) is 1.26. The molecule has 0 amide bonds. The predicted octanol–water partition coefficient (Wildman–Crippen LogP) is 1.83. The molecule has 0 saturated heterocycles. The van der Waals surface area contributed by atoms with Crippen LogP contribution in [0.25, 0.3) is 0 Å². The highest BCUT2D eigenvalue weighted by atomic mass is 16.4. The molecule has 1 N–H and O–H groups in total. The molecule has 0 aliphatic carbocycles. The molecule has 0 aliphatic rings. The maximum absolute atomic E-state index is 10.9. The van der Waals surface area contributed by atoms with Crippen LogP contribution in [0.2, 0.25) is 0 Å². The lowest BCUT2D eigenvalue weighted by Crippen LogP contribution is -2.14. The van der Waals surface area contributed by atoms with Crippen LogP contribution in [0.15, 0.2) is 30.3 Å². The number of carboxylic acid groups (broad SMARTS) is 1. The average Bonchev–Trinajstić information content (AvgIpc) is 2.19. The Labute approximate surface area is 82.4 Å². The number of carbonyl (C=O) groups is 2. The van der Waals surface area contributed by atoms with E-state index in [1.54, 1.807) is 0 Å². The summed E-state index contributed by atoms with van der Waals surface area (Å²) in [5.41, 5.74) is 0.988. The van der Waals surface area contributed by atoms with Crippen molar-refractivity contribution in [2.24, 2.45) is 0 Å². The van der Waals surface area contributed by atoms with Crippen LogP contribution in [0.5, 0.6) is 0 Å². The summed E-state index contributed by atoms with van der Waals surface area (Å²) < 4.78 is 0. The highest BCUT2D eigenvalue weighted by molar-refractivity contribution is 6.32. The van der Waals surface area contributed by atoms with E-state index in [0.29, 0.717) is 0 Å². The monoisotopic (exact) mass is 192 g/mol. The van der Waals surface area contributed by atoms with Gasteiger partial charge in [0.15, 0.2) is 0 Å². The Balaban J connectivity index is 2.64. The first-order chi connectivity index (χ1) is 6.61. The molecule has 3 heteroatoms. The summed E-state index contributed by atoms with van der Waals surface area (Å²) in [4.78, 5) is 21.2. The Kier molecular flexibility index (Phi) is 3.40. The molecule has 0 spiro atoms.